The van der Waals surface area contributed by atoms with Crippen molar-refractivity contribution in [3.05, 3.63) is 66.4 Å². The van der Waals surface area contributed by atoms with Crippen LogP contribution in [0.2, 0.25) is 0 Å². The van der Waals surface area contributed by atoms with Gasteiger partial charge in [-0.2, -0.15) is 4.80 Å². The predicted octanol–water partition coefficient (Wildman–Crippen LogP) is 3.13. The molecule has 0 amide bonds. The van der Waals surface area contributed by atoms with E-state index < -0.39 is 0 Å². The van der Waals surface area contributed by atoms with Crippen molar-refractivity contribution in [2.75, 3.05) is 0 Å². The normalized spacial score (nSPS) is 11.6. The first-order valence-corrected chi connectivity index (χ1v) is 6.57. The maximum Gasteiger partial charge on any atom is 0.138 e. The zero-order valence-electron chi connectivity index (χ0n) is 11.5. The Kier molecular flexibility index (Phi) is 3.47. The Morgan fingerprint density at radius 2 is 1.57 bits per heavy atom. The van der Waals surface area contributed by atoms with Gasteiger partial charge in [0.05, 0.1) is 5.69 Å². The van der Waals surface area contributed by atoms with Crippen LogP contribution in [0.5, 0.6) is 0 Å². The molecule has 3 rings (SSSR count). The molecule has 0 atom stereocenters. The maximum atomic E-state index is 9.05. The largest absolute Gasteiger partial charge is 0.411 e. The van der Waals surface area contributed by atoms with Gasteiger partial charge in [0.1, 0.15) is 17.1 Å². The fraction of sp³-hybridized carbons (Fsp3) is 0.0625. The van der Waals surface area contributed by atoms with Gasteiger partial charge in [0.2, 0.25) is 0 Å². The van der Waals surface area contributed by atoms with Crippen molar-refractivity contribution in [2.24, 2.45) is 5.16 Å². The zero-order valence-corrected chi connectivity index (χ0v) is 11.5. The van der Waals surface area contributed by atoms with E-state index in [1.165, 1.54) is 0 Å². The van der Waals surface area contributed by atoms with Crippen LogP contribution < -0.4 is 0 Å². The van der Waals surface area contributed by atoms with E-state index in [4.69, 9.17) is 5.21 Å². The molecule has 0 spiro atoms. The first-order valence-electron chi connectivity index (χ1n) is 6.57. The van der Waals surface area contributed by atoms with E-state index in [1.807, 2.05) is 60.7 Å². The van der Waals surface area contributed by atoms with Gasteiger partial charge in [-0.25, -0.2) is 0 Å². The minimum Gasteiger partial charge on any atom is -0.411 e. The van der Waals surface area contributed by atoms with E-state index in [9.17, 15) is 0 Å². The Balaban J connectivity index is 2.17. The number of nitrogens with zero attached hydrogens (tertiary/aromatic N) is 4. The van der Waals surface area contributed by atoms with E-state index in [2.05, 4.69) is 15.4 Å². The van der Waals surface area contributed by atoms with Crippen molar-refractivity contribution in [1.29, 1.82) is 0 Å². The van der Waals surface area contributed by atoms with E-state index in [0.29, 0.717) is 17.1 Å². The third kappa shape index (κ3) is 2.53. The van der Waals surface area contributed by atoms with E-state index in [0.717, 1.165) is 11.3 Å². The third-order valence-electron chi connectivity index (χ3n) is 3.14. The fourth-order valence-corrected chi connectivity index (χ4v) is 2.06. The highest BCUT2D eigenvalue weighted by Crippen LogP contribution is 2.21. The van der Waals surface area contributed by atoms with Crippen LogP contribution in [0.4, 0.5) is 0 Å². The molecule has 0 saturated heterocycles. The van der Waals surface area contributed by atoms with Gasteiger partial charge in [-0.1, -0.05) is 53.7 Å². The van der Waals surface area contributed by atoms with Crippen LogP contribution in [-0.2, 0) is 0 Å². The van der Waals surface area contributed by atoms with Crippen molar-refractivity contribution in [2.45, 2.75) is 6.92 Å². The van der Waals surface area contributed by atoms with Crippen LogP contribution in [-0.4, -0.2) is 25.9 Å². The van der Waals surface area contributed by atoms with Gasteiger partial charge in [-0.15, -0.1) is 10.2 Å². The molecule has 104 valence electrons. The Morgan fingerprint density at radius 1 is 0.952 bits per heavy atom. The van der Waals surface area contributed by atoms with Crippen LogP contribution in [0.3, 0.4) is 0 Å². The summed E-state index contributed by atoms with van der Waals surface area (Å²) in [6, 6.07) is 19.3. The monoisotopic (exact) mass is 278 g/mol. The quantitative estimate of drug-likeness (QED) is 0.455. The molecular formula is C16H14N4O. The Hall–Kier alpha value is -2.95. The number of hydrogen-bond donors (Lipinski definition) is 1. The second-order valence-corrected chi connectivity index (χ2v) is 4.57. The van der Waals surface area contributed by atoms with Crippen LogP contribution in [0.15, 0.2) is 65.8 Å². The average molecular weight is 278 g/mol. The van der Waals surface area contributed by atoms with Crippen LogP contribution in [0.1, 0.15) is 12.6 Å². The minimum absolute atomic E-state index is 0.427. The predicted molar refractivity (Wildman–Crippen MR) is 80.8 cm³/mol. The van der Waals surface area contributed by atoms with Gasteiger partial charge >= 0.3 is 0 Å². The number of hydrogen-bond acceptors (Lipinski definition) is 4. The highest BCUT2D eigenvalue weighted by atomic mass is 16.4. The standard InChI is InChI=1S/C16H14N4O/c1-12(19-21)15-16(13-8-4-2-5-9-13)18-20(17-15)14-10-6-3-7-11-14/h2-11,21H,1H3/b19-12-. The summed E-state index contributed by atoms with van der Waals surface area (Å²) < 4.78 is 0. The van der Waals surface area contributed by atoms with Gasteiger partial charge in [-0.05, 0) is 19.1 Å². The highest BCUT2D eigenvalue weighted by Gasteiger charge is 2.16. The molecule has 0 aliphatic rings. The molecule has 2 aromatic carbocycles. The van der Waals surface area contributed by atoms with Gasteiger partial charge in [0.25, 0.3) is 0 Å². The summed E-state index contributed by atoms with van der Waals surface area (Å²) in [7, 11) is 0. The fourth-order valence-electron chi connectivity index (χ4n) is 2.06. The maximum absolute atomic E-state index is 9.05. The van der Waals surface area contributed by atoms with Crippen LogP contribution in [0, 0.1) is 0 Å². The molecule has 0 bridgehead atoms. The first kappa shape index (κ1) is 13.1. The molecule has 3 aromatic rings. The third-order valence-corrected chi connectivity index (χ3v) is 3.14. The lowest BCUT2D eigenvalue weighted by atomic mass is 10.1. The molecule has 0 aliphatic heterocycles. The summed E-state index contributed by atoms with van der Waals surface area (Å²) in [6.07, 6.45) is 0. The summed E-state index contributed by atoms with van der Waals surface area (Å²) in [5.41, 5.74) is 3.46. The lowest BCUT2D eigenvalue weighted by Gasteiger charge is -1.98. The van der Waals surface area contributed by atoms with Crippen molar-refractivity contribution >= 4 is 5.71 Å². The Labute approximate surface area is 122 Å². The summed E-state index contributed by atoms with van der Waals surface area (Å²) in [5, 5.41) is 21.3. The lowest BCUT2D eigenvalue weighted by molar-refractivity contribution is 0.319. The Bertz CT molecular complexity index is 763. The zero-order chi connectivity index (χ0) is 14.7. The Morgan fingerprint density at radius 3 is 2.19 bits per heavy atom. The summed E-state index contributed by atoms with van der Waals surface area (Å²) in [4.78, 5) is 1.55. The highest BCUT2D eigenvalue weighted by molar-refractivity contribution is 6.01. The topological polar surface area (TPSA) is 63.3 Å². The SMILES string of the molecule is C/C(=N/O)c1nn(-c2ccccc2)nc1-c1ccccc1. The van der Waals surface area contributed by atoms with Crippen molar-refractivity contribution in [1.82, 2.24) is 15.0 Å². The molecule has 0 aliphatic carbocycles. The summed E-state index contributed by atoms with van der Waals surface area (Å²) >= 11 is 0. The molecule has 0 unspecified atom stereocenters. The van der Waals surface area contributed by atoms with Gasteiger partial charge in [0.15, 0.2) is 0 Å². The van der Waals surface area contributed by atoms with Crippen molar-refractivity contribution in [3.8, 4) is 16.9 Å². The molecule has 0 saturated carbocycles. The number of oxime groups is 1. The molecule has 0 radical (unpaired) electrons. The second-order valence-electron chi connectivity index (χ2n) is 4.57. The summed E-state index contributed by atoms with van der Waals surface area (Å²) in [5.74, 6) is 0. The lowest BCUT2D eigenvalue weighted by Crippen LogP contribution is -2.01. The number of benzene rings is 2. The van der Waals surface area contributed by atoms with E-state index >= 15 is 0 Å². The minimum atomic E-state index is 0.427. The average Bonchev–Trinajstić information content (AvgIpc) is 3.01. The molecule has 1 N–H and O–H groups in total. The van der Waals surface area contributed by atoms with E-state index in [-0.39, 0.29) is 0 Å². The molecule has 0 fully saturated rings. The van der Waals surface area contributed by atoms with Gasteiger partial charge in [0, 0.05) is 5.56 Å². The van der Waals surface area contributed by atoms with Crippen molar-refractivity contribution in [3.63, 3.8) is 0 Å². The summed E-state index contributed by atoms with van der Waals surface area (Å²) in [6.45, 7) is 1.70. The van der Waals surface area contributed by atoms with Gasteiger partial charge < -0.3 is 5.21 Å². The van der Waals surface area contributed by atoms with E-state index in [1.54, 1.807) is 11.7 Å². The number of rotatable bonds is 3. The molecule has 21 heavy (non-hydrogen) atoms. The van der Waals surface area contributed by atoms with Crippen LogP contribution in [0.25, 0.3) is 16.9 Å². The van der Waals surface area contributed by atoms with Gasteiger partial charge in [-0.3, -0.25) is 0 Å². The van der Waals surface area contributed by atoms with Crippen LogP contribution >= 0.6 is 0 Å². The number of aromatic nitrogens is 3. The smallest absolute Gasteiger partial charge is 0.138 e. The molecule has 1 aromatic heterocycles. The molecular weight excluding hydrogens is 264 g/mol. The first-order chi connectivity index (χ1) is 10.3. The van der Waals surface area contributed by atoms with Crippen molar-refractivity contribution < 1.29 is 5.21 Å². The number of para-hydroxylation sites is 1. The molecule has 5 nitrogen and oxygen atoms in total. The molecule has 1 heterocycles. The second kappa shape index (κ2) is 5.58. The molecule has 5 heteroatoms.